The molecule has 4 heteroatoms. The number of rotatable bonds is 3. The zero-order chi connectivity index (χ0) is 13.2. The molecule has 100 valence electrons. The SMILES string of the molecule is OCC1CCCN1Cc1c(Cl)ccc2cccnc12. The van der Waals surface area contributed by atoms with E-state index < -0.39 is 0 Å². The van der Waals surface area contributed by atoms with Gasteiger partial charge in [0.1, 0.15) is 0 Å². The van der Waals surface area contributed by atoms with Crippen molar-refractivity contribution in [2.45, 2.75) is 25.4 Å². The van der Waals surface area contributed by atoms with Crippen LogP contribution in [0.4, 0.5) is 0 Å². The Morgan fingerprint density at radius 1 is 1.37 bits per heavy atom. The maximum absolute atomic E-state index is 9.41. The lowest BCUT2D eigenvalue weighted by Crippen LogP contribution is -2.31. The van der Waals surface area contributed by atoms with E-state index >= 15 is 0 Å². The molecule has 0 aliphatic carbocycles. The van der Waals surface area contributed by atoms with E-state index in [9.17, 15) is 5.11 Å². The highest BCUT2D eigenvalue weighted by Crippen LogP contribution is 2.28. The number of aliphatic hydroxyl groups excluding tert-OH is 1. The molecular formula is C15H17ClN2O. The summed E-state index contributed by atoms with van der Waals surface area (Å²) < 4.78 is 0. The summed E-state index contributed by atoms with van der Waals surface area (Å²) in [5, 5.41) is 11.3. The van der Waals surface area contributed by atoms with Crippen molar-refractivity contribution in [3.8, 4) is 0 Å². The Morgan fingerprint density at radius 2 is 2.26 bits per heavy atom. The molecule has 2 aromatic rings. The summed E-state index contributed by atoms with van der Waals surface area (Å²) in [6.45, 7) is 2.00. The van der Waals surface area contributed by atoms with Crippen molar-refractivity contribution >= 4 is 22.5 Å². The zero-order valence-electron chi connectivity index (χ0n) is 10.7. The van der Waals surface area contributed by atoms with Crippen molar-refractivity contribution in [3.63, 3.8) is 0 Å². The molecule has 1 aromatic carbocycles. The van der Waals surface area contributed by atoms with Crippen LogP contribution in [0.15, 0.2) is 30.5 Å². The first-order chi connectivity index (χ1) is 9.29. The van der Waals surface area contributed by atoms with Crippen LogP contribution in [0.2, 0.25) is 5.02 Å². The van der Waals surface area contributed by atoms with Gasteiger partial charge in [0.2, 0.25) is 0 Å². The highest BCUT2D eigenvalue weighted by molar-refractivity contribution is 6.32. The summed E-state index contributed by atoms with van der Waals surface area (Å²) in [7, 11) is 0. The van der Waals surface area contributed by atoms with E-state index in [0.29, 0.717) is 0 Å². The Labute approximate surface area is 117 Å². The molecule has 0 bridgehead atoms. The Balaban J connectivity index is 1.98. The van der Waals surface area contributed by atoms with Gasteiger partial charge in [-0.2, -0.15) is 0 Å². The average Bonchev–Trinajstić information content (AvgIpc) is 2.89. The molecule has 1 saturated heterocycles. The minimum atomic E-state index is 0.218. The van der Waals surface area contributed by atoms with Crippen molar-refractivity contribution in [2.24, 2.45) is 0 Å². The Kier molecular flexibility index (Phi) is 3.69. The third kappa shape index (κ3) is 2.46. The molecule has 2 heterocycles. The first-order valence-corrected chi connectivity index (χ1v) is 7.04. The van der Waals surface area contributed by atoms with Gasteiger partial charge in [-0.25, -0.2) is 0 Å². The number of likely N-dealkylation sites (tertiary alicyclic amines) is 1. The summed E-state index contributed by atoms with van der Waals surface area (Å²) in [6, 6.07) is 8.18. The number of aromatic nitrogens is 1. The maximum Gasteiger partial charge on any atom is 0.0761 e. The topological polar surface area (TPSA) is 36.4 Å². The van der Waals surface area contributed by atoms with Crippen molar-refractivity contribution in [3.05, 3.63) is 41.0 Å². The minimum absolute atomic E-state index is 0.218. The van der Waals surface area contributed by atoms with E-state index in [4.69, 9.17) is 11.6 Å². The van der Waals surface area contributed by atoms with Crippen LogP contribution in [0, 0.1) is 0 Å². The van der Waals surface area contributed by atoms with Gasteiger partial charge in [0, 0.05) is 34.8 Å². The predicted molar refractivity (Wildman–Crippen MR) is 77.3 cm³/mol. The molecule has 1 aliphatic rings. The molecule has 0 saturated carbocycles. The number of aliphatic hydroxyl groups is 1. The van der Waals surface area contributed by atoms with E-state index in [1.54, 1.807) is 6.20 Å². The van der Waals surface area contributed by atoms with Crippen LogP contribution in [-0.2, 0) is 6.54 Å². The number of hydrogen-bond donors (Lipinski definition) is 1. The van der Waals surface area contributed by atoms with Gasteiger partial charge in [-0.3, -0.25) is 9.88 Å². The summed E-state index contributed by atoms with van der Waals surface area (Å²) in [6.07, 6.45) is 4.00. The lowest BCUT2D eigenvalue weighted by Gasteiger charge is -2.23. The third-order valence-electron chi connectivity index (χ3n) is 3.89. The lowest BCUT2D eigenvalue weighted by molar-refractivity contribution is 0.154. The second kappa shape index (κ2) is 5.45. The molecule has 1 fully saturated rings. The van der Waals surface area contributed by atoms with Gasteiger partial charge in [0.05, 0.1) is 12.1 Å². The fraction of sp³-hybridized carbons (Fsp3) is 0.400. The van der Waals surface area contributed by atoms with E-state index in [2.05, 4.69) is 16.0 Å². The van der Waals surface area contributed by atoms with Crippen molar-refractivity contribution in [1.82, 2.24) is 9.88 Å². The van der Waals surface area contributed by atoms with Gasteiger partial charge in [-0.05, 0) is 31.5 Å². The smallest absolute Gasteiger partial charge is 0.0761 e. The maximum atomic E-state index is 9.41. The molecule has 1 unspecified atom stereocenters. The van der Waals surface area contributed by atoms with Crippen LogP contribution in [0.25, 0.3) is 10.9 Å². The standard InChI is InChI=1S/C15H17ClN2O/c16-14-6-5-11-3-1-7-17-15(11)13(14)9-18-8-2-4-12(18)10-19/h1,3,5-7,12,19H,2,4,8-10H2. The Bertz CT molecular complexity index is 587. The van der Waals surface area contributed by atoms with Crippen molar-refractivity contribution in [2.75, 3.05) is 13.2 Å². The van der Waals surface area contributed by atoms with E-state index in [-0.39, 0.29) is 12.6 Å². The molecule has 0 radical (unpaired) electrons. The zero-order valence-corrected chi connectivity index (χ0v) is 11.5. The Morgan fingerprint density at radius 3 is 3.11 bits per heavy atom. The summed E-state index contributed by atoms with van der Waals surface area (Å²) in [5.74, 6) is 0. The Hall–Kier alpha value is -1.16. The van der Waals surface area contributed by atoms with Gasteiger partial charge in [-0.15, -0.1) is 0 Å². The van der Waals surface area contributed by atoms with E-state index in [0.717, 1.165) is 47.4 Å². The normalized spacial score (nSPS) is 20.2. The van der Waals surface area contributed by atoms with Crippen molar-refractivity contribution in [1.29, 1.82) is 0 Å². The van der Waals surface area contributed by atoms with Crippen LogP contribution in [0.5, 0.6) is 0 Å². The van der Waals surface area contributed by atoms with E-state index in [1.165, 1.54) is 0 Å². The second-order valence-electron chi connectivity index (χ2n) is 5.05. The summed E-state index contributed by atoms with van der Waals surface area (Å²) in [5.41, 5.74) is 2.04. The fourth-order valence-corrected chi connectivity index (χ4v) is 3.06. The fourth-order valence-electron chi connectivity index (χ4n) is 2.84. The number of halogens is 1. The quantitative estimate of drug-likeness (QED) is 0.936. The predicted octanol–water partition coefficient (Wildman–Crippen LogP) is 2.84. The summed E-state index contributed by atoms with van der Waals surface area (Å²) in [4.78, 5) is 6.76. The molecule has 0 spiro atoms. The monoisotopic (exact) mass is 276 g/mol. The third-order valence-corrected chi connectivity index (χ3v) is 4.25. The largest absolute Gasteiger partial charge is 0.395 e. The molecular weight excluding hydrogens is 260 g/mol. The van der Waals surface area contributed by atoms with E-state index in [1.807, 2.05) is 18.2 Å². The molecule has 3 nitrogen and oxygen atoms in total. The minimum Gasteiger partial charge on any atom is -0.395 e. The van der Waals surface area contributed by atoms with Gasteiger partial charge in [-0.1, -0.05) is 23.7 Å². The van der Waals surface area contributed by atoms with Gasteiger partial charge >= 0.3 is 0 Å². The number of hydrogen-bond acceptors (Lipinski definition) is 3. The first kappa shape index (κ1) is 12.9. The van der Waals surface area contributed by atoms with Crippen LogP contribution in [0.1, 0.15) is 18.4 Å². The summed E-state index contributed by atoms with van der Waals surface area (Å²) >= 11 is 6.34. The van der Waals surface area contributed by atoms with Crippen LogP contribution < -0.4 is 0 Å². The first-order valence-electron chi connectivity index (χ1n) is 6.66. The number of benzene rings is 1. The highest BCUT2D eigenvalue weighted by atomic mass is 35.5. The molecule has 1 aliphatic heterocycles. The number of nitrogens with zero attached hydrogens (tertiary/aromatic N) is 2. The van der Waals surface area contributed by atoms with Crippen LogP contribution in [0.3, 0.4) is 0 Å². The van der Waals surface area contributed by atoms with Gasteiger partial charge in [0.25, 0.3) is 0 Å². The van der Waals surface area contributed by atoms with Crippen LogP contribution in [-0.4, -0.2) is 34.2 Å². The molecule has 1 aromatic heterocycles. The number of fused-ring (bicyclic) bond motifs is 1. The molecule has 3 rings (SSSR count). The number of pyridine rings is 1. The van der Waals surface area contributed by atoms with Crippen LogP contribution >= 0.6 is 11.6 Å². The lowest BCUT2D eigenvalue weighted by atomic mass is 10.1. The molecule has 1 atom stereocenters. The highest BCUT2D eigenvalue weighted by Gasteiger charge is 2.25. The average molecular weight is 277 g/mol. The van der Waals surface area contributed by atoms with Gasteiger partial charge in [0.15, 0.2) is 0 Å². The molecule has 19 heavy (non-hydrogen) atoms. The second-order valence-corrected chi connectivity index (χ2v) is 5.46. The van der Waals surface area contributed by atoms with Crippen molar-refractivity contribution < 1.29 is 5.11 Å². The molecule has 0 amide bonds. The van der Waals surface area contributed by atoms with Gasteiger partial charge < -0.3 is 5.11 Å². The molecule has 1 N–H and O–H groups in total.